The zero-order valence-corrected chi connectivity index (χ0v) is 28.7. The lowest BCUT2D eigenvalue weighted by molar-refractivity contribution is -0.140. The number of hydrogen-bond acceptors (Lipinski definition) is 4. The molecule has 0 radical (unpaired) electrons. The normalized spacial score (nSPS) is 12.7. The topological polar surface area (TPSA) is 86.8 Å². The van der Waals surface area contributed by atoms with Crippen LogP contribution in [0.1, 0.15) is 42.5 Å². The number of sulfonamides is 1. The van der Waals surface area contributed by atoms with Gasteiger partial charge >= 0.3 is 0 Å². The minimum Gasteiger partial charge on any atom is -0.352 e. The number of carbonyl (C=O) groups excluding carboxylic acids is 2. The van der Waals surface area contributed by atoms with Crippen molar-refractivity contribution in [3.63, 3.8) is 0 Å². The molecule has 0 heterocycles. The quantitative estimate of drug-likeness (QED) is 0.160. The average Bonchev–Trinajstić information content (AvgIpc) is 3.04. The lowest BCUT2D eigenvalue weighted by Gasteiger charge is -2.35. The molecule has 2 amide bonds. The molecule has 0 fully saturated rings. The van der Waals surface area contributed by atoms with Gasteiger partial charge in [-0.05, 0) is 74.2 Å². The first kappa shape index (κ1) is 35.0. The minimum atomic E-state index is -4.21. The van der Waals surface area contributed by atoms with Crippen LogP contribution in [0, 0.1) is 13.8 Å². The second-order valence-corrected chi connectivity index (χ2v) is 14.0. The first-order chi connectivity index (χ1) is 21.9. The highest BCUT2D eigenvalue weighted by Gasteiger charge is 2.36. The monoisotopic (exact) mass is 679 g/mol. The first-order valence-corrected chi connectivity index (χ1v) is 17.3. The SMILES string of the molecule is CC[C@@H](C)NC(=O)[C@@H](Cc1ccccc1)N(Cc1c(Cl)cccc1Cl)C(=O)CN(c1cc(C)ccc1C)S(=O)(=O)c1ccccc1. The number of carbonyl (C=O) groups is 2. The summed E-state index contributed by atoms with van der Waals surface area (Å²) < 4.78 is 29.6. The first-order valence-electron chi connectivity index (χ1n) is 15.1. The summed E-state index contributed by atoms with van der Waals surface area (Å²) in [5, 5.41) is 3.68. The van der Waals surface area contributed by atoms with Gasteiger partial charge in [0.25, 0.3) is 10.0 Å². The van der Waals surface area contributed by atoms with Gasteiger partial charge in [-0.25, -0.2) is 8.42 Å². The van der Waals surface area contributed by atoms with Crippen molar-refractivity contribution in [3.05, 3.63) is 129 Å². The van der Waals surface area contributed by atoms with Crippen LogP contribution >= 0.6 is 23.2 Å². The Bertz CT molecular complexity index is 1750. The second kappa shape index (κ2) is 15.6. The molecule has 1 N–H and O–H groups in total. The van der Waals surface area contributed by atoms with Gasteiger partial charge in [-0.2, -0.15) is 0 Å². The molecule has 46 heavy (non-hydrogen) atoms. The Balaban J connectivity index is 1.87. The van der Waals surface area contributed by atoms with Crippen molar-refractivity contribution in [1.29, 1.82) is 0 Å². The van der Waals surface area contributed by atoms with E-state index < -0.39 is 28.5 Å². The van der Waals surface area contributed by atoms with Crippen LogP contribution in [0.15, 0.2) is 102 Å². The summed E-state index contributed by atoms with van der Waals surface area (Å²) >= 11 is 13.2. The molecular weight excluding hydrogens is 641 g/mol. The fourth-order valence-corrected chi connectivity index (χ4v) is 7.08. The maximum Gasteiger partial charge on any atom is 0.264 e. The van der Waals surface area contributed by atoms with E-state index in [1.54, 1.807) is 49.4 Å². The van der Waals surface area contributed by atoms with E-state index in [1.807, 2.05) is 63.2 Å². The van der Waals surface area contributed by atoms with Gasteiger partial charge < -0.3 is 10.2 Å². The standard InChI is InChI=1S/C36H39Cl2N3O4S/c1-5-27(4)39-36(43)34(22-28-13-8-6-9-14-28)40(23-30-31(37)17-12-18-32(30)38)35(42)24-41(33-21-25(2)19-20-26(33)3)46(44,45)29-15-10-7-11-16-29/h6-21,27,34H,5,22-24H2,1-4H3,(H,39,43)/t27-,34-/m1/s1. The summed E-state index contributed by atoms with van der Waals surface area (Å²) in [6, 6.07) is 26.7. The van der Waals surface area contributed by atoms with Gasteiger partial charge in [0.2, 0.25) is 11.8 Å². The highest BCUT2D eigenvalue weighted by molar-refractivity contribution is 7.92. The smallest absolute Gasteiger partial charge is 0.264 e. The van der Waals surface area contributed by atoms with E-state index in [1.165, 1.54) is 17.0 Å². The molecule has 0 unspecified atom stereocenters. The number of halogens is 2. The minimum absolute atomic E-state index is 0.0414. The van der Waals surface area contributed by atoms with Gasteiger partial charge in [0, 0.05) is 34.6 Å². The number of benzene rings is 4. The fourth-order valence-electron chi connectivity index (χ4n) is 5.07. The van der Waals surface area contributed by atoms with Gasteiger partial charge in [0.1, 0.15) is 12.6 Å². The number of rotatable bonds is 13. The molecule has 0 bridgehead atoms. The summed E-state index contributed by atoms with van der Waals surface area (Å²) in [7, 11) is -4.21. The highest BCUT2D eigenvalue weighted by Crippen LogP contribution is 2.30. The molecule has 0 aliphatic rings. The molecule has 4 aromatic rings. The Hall–Kier alpha value is -3.85. The van der Waals surface area contributed by atoms with Crippen LogP contribution < -0.4 is 9.62 Å². The van der Waals surface area contributed by atoms with Crippen LogP contribution in [-0.4, -0.2) is 43.8 Å². The summed E-state index contributed by atoms with van der Waals surface area (Å²) in [5.74, 6) is -0.949. The molecule has 0 aliphatic carbocycles. The van der Waals surface area contributed by atoms with E-state index in [4.69, 9.17) is 23.2 Å². The van der Waals surface area contributed by atoms with Crippen molar-refractivity contribution in [2.24, 2.45) is 0 Å². The molecule has 242 valence electrons. The number of aryl methyl sites for hydroxylation is 2. The number of nitrogens with one attached hydrogen (secondary N) is 1. The Labute approximate surface area is 282 Å². The van der Waals surface area contributed by atoms with E-state index in [2.05, 4.69) is 5.32 Å². The molecule has 4 rings (SSSR count). The lowest BCUT2D eigenvalue weighted by Crippen LogP contribution is -2.54. The number of hydrogen-bond donors (Lipinski definition) is 1. The summed E-state index contributed by atoms with van der Waals surface area (Å²) in [4.78, 5) is 30.1. The predicted octanol–water partition coefficient (Wildman–Crippen LogP) is 7.36. The van der Waals surface area contributed by atoms with Gasteiger partial charge in [-0.3, -0.25) is 13.9 Å². The molecule has 0 spiro atoms. The summed E-state index contributed by atoms with van der Waals surface area (Å²) in [5.41, 5.74) is 3.16. The Morgan fingerprint density at radius 2 is 1.46 bits per heavy atom. The van der Waals surface area contributed by atoms with Crippen LogP contribution in [0.5, 0.6) is 0 Å². The summed E-state index contributed by atoms with van der Waals surface area (Å²) in [6.45, 7) is 6.83. The third-order valence-corrected chi connectivity index (χ3v) is 10.4. The van der Waals surface area contributed by atoms with Crippen LogP contribution in [0.25, 0.3) is 0 Å². The molecule has 7 nitrogen and oxygen atoms in total. The zero-order valence-electron chi connectivity index (χ0n) is 26.4. The predicted molar refractivity (Wildman–Crippen MR) is 186 cm³/mol. The van der Waals surface area contributed by atoms with E-state index in [0.29, 0.717) is 33.3 Å². The third kappa shape index (κ3) is 8.49. The molecular formula is C36H39Cl2N3O4S. The van der Waals surface area contributed by atoms with Crippen molar-refractivity contribution < 1.29 is 18.0 Å². The molecule has 4 aromatic carbocycles. The van der Waals surface area contributed by atoms with E-state index >= 15 is 0 Å². The molecule has 0 aliphatic heterocycles. The van der Waals surface area contributed by atoms with Crippen LogP contribution in [-0.2, 0) is 32.6 Å². The van der Waals surface area contributed by atoms with Crippen molar-refractivity contribution in [2.45, 2.75) is 64.1 Å². The Morgan fingerprint density at radius 3 is 2.07 bits per heavy atom. The van der Waals surface area contributed by atoms with E-state index in [0.717, 1.165) is 15.4 Å². The van der Waals surface area contributed by atoms with Crippen LogP contribution in [0.2, 0.25) is 10.0 Å². The second-order valence-electron chi connectivity index (χ2n) is 11.4. The van der Waals surface area contributed by atoms with E-state index in [9.17, 15) is 18.0 Å². The van der Waals surface area contributed by atoms with Gasteiger partial charge in [0.05, 0.1) is 10.6 Å². The number of nitrogens with zero attached hydrogens (tertiary/aromatic N) is 2. The molecule has 2 atom stereocenters. The third-order valence-electron chi connectivity index (χ3n) is 7.91. The maximum atomic E-state index is 14.7. The van der Waals surface area contributed by atoms with Crippen molar-refractivity contribution in [3.8, 4) is 0 Å². The average molecular weight is 681 g/mol. The lowest BCUT2D eigenvalue weighted by atomic mass is 10.0. The number of amides is 2. The summed E-state index contributed by atoms with van der Waals surface area (Å²) in [6.07, 6.45) is 0.871. The molecule has 0 saturated carbocycles. The van der Waals surface area contributed by atoms with E-state index in [-0.39, 0.29) is 29.8 Å². The highest BCUT2D eigenvalue weighted by atomic mass is 35.5. The largest absolute Gasteiger partial charge is 0.352 e. The van der Waals surface area contributed by atoms with Gasteiger partial charge in [-0.1, -0.05) is 96.9 Å². The van der Waals surface area contributed by atoms with Crippen LogP contribution in [0.3, 0.4) is 0 Å². The Morgan fingerprint density at radius 1 is 0.848 bits per heavy atom. The maximum absolute atomic E-state index is 14.7. The van der Waals surface area contributed by atoms with Gasteiger partial charge in [0.15, 0.2) is 0 Å². The Kier molecular flexibility index (Phi) is 11.9. The molecule has 10 heteroatoms. The zero-order chi connectivity index (χ0) is 33.4. The number of anilines is 1. The fraction of sp³-hybridized carbons (Fsp3) is 0.278. The van der Waals surface area contributed by atoms with Crippen molar-refractivity contribution >= 4 is 50.7 Å². The molecule has 0 saturated heterocycles. The van der Waals surface area contributed by atoms with Crippen LogP contribution in [0.4, 0.5) is 5.69 Å². The van der Waals surface area contributed by atoms with Gasteiger partial charge in [-0.15, -0.1) is 0 Å². The van der Waals surface area contributed by atoms with Crippen molar-refractivity contribution in [1.82, 2.24) is 10.2 Å². The van der Waals surface area contributed by atoms with Crippen molar-refractivity contribution in [2.75, 3.05) is 10.8 Å². The molecule has 0 aromatic heterocycles.